The minimum absolute atomic E-state index is 0.189. The van der Waals surface area contributed by atoms with Gasteiger partial charge in [0.15, 0.2) is 0 Å². The van der Waals surface area contributed by atoms with E-state index in [0.717, 1.165) is 0 Å². The summed E-state index contributed by atoms with van der Waals surface area (Å²) in [5.74, 6) is 0.645. The fourth-order valence-electron chi connectivity index (χ4n) is 1.29. The van der Waals surface area contributed by atoms with Crippen molar-refractivity contribution in [3.8, 4) is 11.5 Å². The summed E-state index contributed by atoms with van der Waals surface area (Å²) in [4.78, 5) is 0. The summed E-state index contributed by atoms with van der Waals surface area (Å²) in [7, 11) is -0.870. The van der Waals surface area contributed by atoms with Crippen molar-refractivity contribution in [2.75, 3.05) is 25.5 Å². The molecule has 0 aromatic heterocycles. The summed E-state index contributed by atoms with van der Waals surface area (Å²) in [6.07, 6.45) is 0. The highest BCUT2D eigenvalue weighted by molar-refractivity contribution is 7.93. The van der Waals surface area contributed by atoms with Gasteiger partial charge in [0.05, 0.1) is 31.5 Å². The van der Waals surface area contributed by atoms with Crippen LogP contribution in [0.3, 0.4) is 0 Å². The molecule has 0 aliphatic rings. The number of rotatable bonds is 6. The summed E-state index contributed by atoms with van der Waals surface area (Å²) in [5, 5.41) is 8.22. The molecule has 6 nitrogen and oxygen atoms in total. The average molecular weight is 310 g/mol. The van der Waals surface area contributed by atoms with Gasteiger partial charge in [-0.15, -0.1) is 0 Å². The van der Waals surface area contributed by atoms with Crippen molar-refractivity contribution in [3.05, 3.63) is 17.2 Å². The lowest BCUT2D eigenvalue weighted by molar-refractivity contribution is 0.296. The zero-order chi connectivity index (χ0) is 14.6. The van der Waals surface area contributed by atoms with Gasteiger partial charge < -0.3 is 14.6 Å². The lowest BCUT2D eigenvalue weighted by Gasteiger charge is -2.16. The van der Waals surface area contributed by atoms with Crippen LogP contribution in [0.25, 0.3) is 0 Å². The molecular formula is C11H16ClNO5S. The number of benzene rings is 1. The van der Waals surface area contributed by atoms with E-state index < -0.39 is 21.9 Å². The van der Waals surface area contributed by atoms with E-state index in [9.17, 15) is 8.42 Å². The summed E-state index contributed by atoms with van der Waals surface area (Å²) in [5.41, 5.74) is 0.189. The van der Waals surface area contributed by atoms with Crippen molar-refractivity contribution < 1.29 is 23.0 Å². The van der Waals surface area contributed by atoms with Crippen LogP contribution >= 0.6 is 11.6 Å². The Morgan fingerprint density at radius 3 is 2.37 bits per heavy atom. The van der Waals surface area contributed by atoms with Gasteiger partial charge in [0.1, 0.15) is 16.7 Å². The van der Waals surface area contributed by atoms with Crippen LogP contribution in [0.5, 0.6) is 11.5 Å². The van der Waals surface area contributed by atoms with E-state index in [1.807, 2.05) is 0 Å². The van der Waals surface area contributed by atoms with Crippen molar-refractivity contribution in [1.82, 2.24) is 0 Å². The third-order valence-electron chi connectivity index (χ3n) is 2.51. The number of ether oxygens (including phenoxy) is 2. The lowest BCUT2D eigenvalue weighted by Crippen LogP contribution is -2.28. The maximum atomic E-state index is 11.9. The largest absolute Gasteiger partial charge is 0.495 e. The van der Waals surface area contributed by atoms with Gasteiger partial charge in [-0.1, -0.05) is 11.6 Å². The molecule has 1 unspecified atom stereocenters. The first-order valence-corrected chi connectivity index (χ1v) is 7.32. The zero-order valence-corrected chi connectivity index (χ0v) is 12.4. The molecule has 1 aromatic rings. The molecule has 1 atom stereocenters. The van der Waals surface area contributed by atoms with Gasteiger partial charge in [-0.3, -0.25) is 4.72 Å². The van der Waals surface area contributed by atoms with Crippen LogP contribution in [0.15, 0.2) is 12.1 Å². The fourth-order valence-corrected chi connectivity index (χ4v) is 2.40. The van der Waals surface area contributed by atoms with Crippen molar-refractivity contribution in [3.63, 3.8) is 0 Å². The average Bonchev–Trinajstić information content (AvgIpc) is 2.37. The number of sulfonamides is 1. The van der Waals surface area contributed by atoms with Crippen LogP contribution in [0, 0.1) is 0 Å². The summed E-state index contributed by atoms with van der Waals surface area (Å²) < 4.78 is 36.1. The molecule has 1 rings (SSSR count). The molecule has 0 aliphatic heterocycles. The quantitative estimate of drug-likeness (QED) is 0.831. The van der Waals surface area contributed by atoms with Crippen molar-refractivity contribution in [1.29, 1.82) is 0 Å². The minimum atomic E-state index is -3.71. The highest BCUT2D eigenvalue weighted by Gasteiger charge is 2.22. The van der Waals surface area contributed by atoms with Gasteiger partial charge >= 0.3 is 0 Å². The monoisotopic (exact) mass is 309 g/mol. The van der Waals surface area contributed by atoms with E-state index in [4.69, 9.17) is 26.2 Å². The summed E-state index contributed by atoms with van der Waals surface area (Å²) in [6.45, 7) is 0.904. The first-order valence-electron chi connectivity index (χ1n) is 5.39. The topological polar surface area (TPSA) is 84.9 Å². The van der Waals surface area contributed by atoms with Crippen molar-refractivity contribution >= 4 is 27.3 Å². The van der Waals surface area contributed by atoms with Gasteiger partial charge in [-0.2, -0.15) is 0 Å². The highest BCUT2D eigenvalue weighted by atomic mass is 35.5. The van der Waals surface area contributed by atoms with Gasteiger partial charge in [-0.05, 0) is 13.0 Å². The molecule has 0 heterocycles. The molecule has 0 radical (unpaired) electrons. The Morgan fingerprint density at radius 1 is 1.32 bits per heavy atom. The minimum Gasteiger partial charge on any atom is -0.495 e. The van der Waals surface area contributed by atoms with E-state index in [0.29, 0.717) is 5.75 Å². The number of aliphatic hydroxyl groups is 1. The number of methoxy groups -OCH3 is 2. The number of halogens is 1. The molecular weight excluding hydrogens is 294 g/mol. The third kappa shape index (κ3) is 3.65. The number of aliphatic hydroxyl groups excluding tert-OH is 1. The maximum Gasteiger partial charge on any atom is 0.237 e. The summed E-state index contributed by atoms with van der Waals surface area (Å²) >= 11 is 5.94. The van der Waals surface area contributed by atoms with Crippen LogP contribution in [-0.2, 0) is 10.0 Å². The Bertz CT molecular complexity index is 546. The van der Waals surface area contributed by atoms with E-state index in [-0.39, 0.29) is 16.5 Å². The molecule has 0 spiro atoms. The molecule has 0 bridgehead atoms. The van der Waals surface area contributed by atoms with Crippen molar-refractivity contribution in [2.45, 2.75) is 12.2 Å². The molecule has 1 aromatic carbocycles. The van der Waals surface area contributed by atoms with E-state index in [1.165, 1.54) is 33.3 Å². The van der Waals surface area contributed by atoms with Gasteiger partial charge in [0.25, 0.3) is 0 Å². The maximum absolute atomic E-state index is 11.9. The van der Waals surface area contributed by atoms with Crippen LogP contribution < -0.4 is 14.2 Å². The Hall–Kier alpha value is -1.18. The number of nitrogens with one attached hydrogen (secondary N) is 1. The predicted octanol–water partition coefficient (Wildman–Crippen LogP) is 1.48. The molecule has 0 aliphatic carbocycles. The summed E-state index contributed by atoms with van der Waals surface area (Å²) in [6, 6.07) is 2.87. The van der Waals surface area contributed by atoms with Crippen LogP contribution in [0.4, 0.5) is 5.69 Å². The molecule has 0 amide bonds. The fraction of sp³-hybridized carbons (Fsp3) is 0.455. The number of hydrogen-bond donors (Lipinski definition) is 2. The normalized spacial score (nSPS) is 12.9. The molecule has 108 valence electrons. The van der Waals surface area contributed by atoms with Crippen LogP contribution in [0.2, 0.25) is 5.02 Å². The standard InChI is InChI=1S/C11H16ClNO5S/c1-7(6-14)19(15,16)13-9-4-8(12)10(17-2)5-11(9)18-3/h4-5,7,13-14H,6H2,1-3H3. The Kier molecular flexibility index (Phi) is 5.28. The van der Waals surface area contributed by atoms with Gasteiger partial charge in [0.2, 0.25) is 10.0 Å². The molecule has 2 N–H and O–H groups in total. The molecule has 19 heavy (non-hydrogen) atoms. The van der Waals surface area contributed by atoms with Crippen molar-refractivity contribution in [2.24, 2.45) is 0 Å². The highest BCUT2D eigenvalue weighted by Crippen LogP contribution is 2.36. The molecule has 0 saturated carbocycles. The number of hydrogen-bond acceptors (Lipinski definition) is 5. The predicted molar refractivity (Wildman–Crippen MR) is 73.6 cm³/mol. The third-order valence-corrected chi connectivity index (χ3v) is 4.52. The Balaban J connectivity index is 3.18. The van der Waals surface area contributed by atoms with Gasteiger partial charge in [-0.25, -0.2) is 8.42 Å². The smallest absolute Gasteiger partial charge is 0.237 e. The number of anilines is 1. The van der Waals surface area contributed by atoms with E-state index in [1.54, 1.807) is 0 Å². The van der Waals surface area contributed by atoms with Crippen LogP contribution in [-0.4, -0.2) is 39.6 Å². The zero-order valence-electron chi connectivity index (χ0n) is 10.8. The lowest BCUT2D eigenvalue weighted by atomic mass is 10.3. The Labute approximate surface area is 117 Å². The molecule has 8 heteroatoms. The SMILES string of the molecule is COc1cc(OC)c(NS(=O)(=O)C(C)CO)cc1Cl. The second kappa shape index (κ2) is 6.31. The first-order chi connectivity index (χ1) is 8.85. The second-order valence-corrected chi connectivity index (χ2v) is 6.33. The molecule has 0 saturated heterocycles. The first kappa shape index (κ1) is 15.9. The second-order valence-electron chi connectivity index (χ2n) is 3.83. The van der Waals surface area contributed by atoms with E-state index >= 15 is 0 Å². The van der Waals surface area contributed by atoms with E-state index in [2.05, 4.69) is 4.72 Å². The van der Waals surface area contributed by atoms with Crippen LogP contribution in [0.1, 0.15) is 6.92 Å². The van der Waals surface area contributed by atoms with Gasteiger partial charge in [0, 0.05) is 6.07 Å². The molecule has 0 fully saturated rings. The Morgan fingerprint density at radius 2 is 1.89 bits per heavy atom.